The van der Waals surface area contributed by atoms with Crippen LogP contribution >= 0.6 is 15.9 Å². The van der Waals surface area contributed by atoms with E-state index in [1.807, 2.05) is 68.1 Å². The van der Waals surface area contributed by atoms with E-state index in [2.05, 4.69) is 15.9 Å². The van der Waals surface area contributed by atoms with E-state index in [1.165, 1.54) is 0 Å². The van der Waals surface area contributed by atoms with Crippen molar-refractivity contribution in [1.29, 1.82) is 0 Å². The molecule has 4 nitrogen and oxygen atoms in total. The van der Waals surface area contributed by atoms with Crippen LogP contribution < -0.4 is 9.47 Å². The number of carbonyl (C=O) groups is 1. The molecule has 2 aromatic carbocycles. The van der Waals surface area contributed by atoms with Gasteiger partial charge < -0.3 is 14.4 Å². The van der Waals surface area contributed by atoms with Crippen molar-refractivity contribution in [2.45, 2.75) is 32.9 Å². The van der Waals surface area contributed by atoms with E-state index in [9.17, 15) is 4.79 Å². The molecule has 1 amide bonds. The van der Waals surface area contributed by atoms with Gasteiger partial charge in [-0.25, -0.2) is 0 Å². The summed E-state index contributed by atoms with van der Waals surface area (Å²) in [6.45, 7) is 6.87. The van der Waals surface area contributed by atoms with Crippen molar-refractivity contribution in [2.24, 2.45) is 0 Å². The number of fused-ring (bicyclic) bond motifs is 1. The molecular formula is C19H20BrNO3. The fraction of sp³-hybridized carbons (Fsp3) is 0.316. The van der Waals surface area contributed by atoms with Crippen molar-refractivity contribution in [3.05, 3.63) is 58.1 Å². The molecule has 1 aliphatic heterocycles. The number of carbonyl (C=O) groups excluding carboxylic acids is 1. The van der Waals surface area contributed by atoms with Gasteiger partial charge in [0.2, 0.25) is 6.79 Å². The van der Waals surface area contributed by atoms with Crippen molar-refractivity contribution in [3.63, 3.8) is 0 Å². The Morgan fingerprint density at radius 3 is 2.42 bits per heavy atom. The van der Waals surface area contributed by atoms with E-state index >= 15 is 0 Å². The van der Waals surface area contributed by atoms with Crippen molar-refractivity contribution < 1.29 is 14.3 Å². The summed E-state index contributed by atoms with van der Waals surface area (Å²) >= 11 is 3.40. The normalized spacial score (nSPS) is 13.0. The van der Waals surface area contributed by atoms with Crippen LogP contribution in [0.3, 0.4) is 0 Å². The first-order chi connectivity index (χ1) is 11.3. The molecule has 0 radical (unpaired) electrons. The second kappa shape index (κ2) is 6.48. The van der Waals surface area contributed by atoms with E-state index in [4.69, 9.17) is 9.47 Å². The molecule has 0 saturated heterocycles. The Morgan fingerprint density at radius 1 is 1.08 bits per heavy atom. The van der Waals surface area contributed by atoms with E-state index < -0.39 is 0 Å². The Kier molecular flexibility index (Phi) is 4.54. The lowest BCUT2D eigenvalue weighted by molar-refractivity contribution is 0.0558. The van der Waals surface area contributed by atoms with Crippen molar-refractivity contribution >= 4 is 21.8 Å². The largest absolute Gasteiger partial charge is 0.454 e. The minimum absolute atomic E-state index is 0.00710. The van der Waals surface area contributed by atoms with Gasteiger partial charge >= 0.3 is 0 Å². The maximum absolute atomic E-state index is 13.0. The molecule has 5 heteroatoms. The number of amides is 1. The number of halogens is 1. The molecule has 0 aromatic heterocycles. The van der Waals surface area contributed by atoms with Crippen LogP contribution in [0.1, 0.15) is 36.7 Å². The summed E-state index contributed by atoms with van der Waals surface area (Å²) in [5, 5.41) is 0. The molecule has 1 heterocycles. The number of ether oxygens (including phenoxy) is 2. The first-order valence-corrected chi connectivity index (χ1v) is 8.60. The number of nitrogens with zero attached hydrogens (tertiary/aromatic N) is 1. The number of hydrogen-bond donors (Lipinski definition) is 0. The average Bonchev–Trinajstić information content (AvgIpc) is 2.99. The zero-order chi connectivity index (χ0) is 17.3. The number of rotatable bonds is 3. The standard InChI is InChI=1S/C19H20BrNO3/c1-19(2,3)21(18(22)14-5-7-15(20)8-6-14)11-13-4-9-16-17(10-13)24-12-23-16/h4-10H,11-12H2,1-3H3. The summed E-state index contributed by atoms with van der Waals surface area (Å²) < 4.78 is 11.7. The average molecular weight is 390 g/mol. The lowest BCUT2D eigenvalue weighted by atomic mass is 10.0. The summed E-state index contributed by atoms with van der Waals surface area (Å²) in [5.41, 5.74) is 1.38. The molecule has 1 aliphatic rings. The van der Waals surface area contributed by atoms with Gasteiger partial charge in [0.1, 0.15) is 0 Å². The molecule has 3 rings (SSSR count). The van der Waals surface area contributed by atoms with Gasteiger partial charge in [0, 0.05) is 22.1 Å². The second-order valence-electron chi connectivity index (χ2n) is 6.76. The Labute approximate surface area is 150 Å². The van der Waals surface area contributed by atoms with Gasteiger partial charge in [0.15, 0.2) is 11.5 Å². The van der Waals surface area contributed by atoms with Crippen LogP contribution in [-0.2, 0) is 6.54 Å². The smallest absolute Gasteiger partial charge is 0.254 e. The van der Waals surface area contributed by atoms with Crippen LogP contribution in [0, 0.1) is 0 Å². The predicted molar refractivity (Wildman–Crippen MR) is 96.3 cm³/mol. The van der Waals surface area contributed by atoms with Crippen molar-refractivity contribution in [2.75, 3.05) is 6.79 Å². The molecule has 2 aromatic rings. The molecule has 0 aliphatic carbocycles. The van der Waals surface area contributed by atoms with Gasteiger partial charge in [0.05, 0.1) is 0 Å². The highest BCUT2D eigenvalue weighted by molar-refractivity contribution is 9.10. The molecule has 0 atom stereocenters. The Balaban J connectivity index is 1.87. The Morgan fingerprint density at radius 2 is 1.75 bits per heavy atom. The zero-order valence-electron chi connectivity index (χ0n) is 14.0. The van der Waals surface area contributed by atoms with Gasteiger partial charge in [-0.3, -0.25) is 4.79 Å². The minimum atomic E-state index is -0.305. The lowest BCUT2D eigenvalue weighted by Gasteiger charge is -2.36. The van der Waals surface area contributed by atoms with E-state index in [0.717, 1.165) is 21.5 Å². The fourth-order valence-electron chi connectivity index (χ4n) is 2.58. The zero-order valence-corrected chi connectivity index (χ0v) is 15.6. The third kappa shape index (κ3) is 3.56. The van der Waals surface area contributed by atoms with Gasteiger partial charge in [-0.1, -0.05) is 22.0 Å². The first-order valence-electron chi connectivity index (χ1n) is 7.81. The SMILES string of the molecule is CC(C)(C)N(Cc1ccc2c(c1)OCO2)C(=O)c1ccc(Br)cc1. The third-order valence-corrected chi connectivity index (χ3v) is 4.45. The summed E-state index contributed by atoms with van der Waals surface area (Å²) in [6, 6.07) is 13.2. The third-order valence-electron chi connectivity index (χ3n) is 3.92. The topological polar surface area (TPSA) is 38.8 Å². The van der Waals surface area contributed by atoms with Gasteiger partial charge in [-0.15, -0.1) is 0 Å². The molecular weight excluding hydrogens is 370 g/mol. The summed E-state index contributed by atoms with van der Waals surface area (Å²) in [4.78, 5) is 14.9. The highest BCUT2D eigenvalue weighted by atomic mass is 79.9. The Hall–Kier alpha value is -2.01. The molecule has 0 N–H and O–H groups in total. The lowest BCUT2D eigenvalue weighted by Crippen LogP contribution is -2.45. The van der Waals surface area contributed by atoms with Crippen LogP contribution in [0.25, 0.3) is 0 Å². The highest BCUT2D eigenvalue weighted by Crippen LogP contribution is 2.33. The number of benzene rings is 2. The summed E-state index contributed by atoms with van der Waals surface area (Å²) in [6.07, 6.45) is 0. The Bertz CT molecular complexity index is 750. The van der Waals surface area contributed by atoms with Crippen LogP contribution in [0.2, 0.25) is 0 Å². The summed E-state index contributed by atoms with van der Waals surface area (Å²) in [7, 11) is 0. The quantitative estimate of drug-likeness (QED) is 0.768. The molecule has 0 bridgehead atoms. The van der Waals surface area contributed by atoms with Crippen LogP contribution in [-0.4, -0.2) is 23.1 Å². The number of hydrogen-bond acceptors (Lipinski definition) is 3. The highest BCUT2D eigenvalue weighted by Gasteiger charge is 2.28. The second-order valence-corrected chi connectivity index (χ2v) is 7.67. The van der Waals surface area contributed by atoms with Crippen LogP contribution in [0.15, 0.2) is 46.9 Å². The maximum Gasteiger partial charge on any atom is 0.254 e. The van der Waals surface area contributed by atoms with Gasteiger partial charge in [-0.2, -0.15) is 0 Å². The molecule has 126 valence electrons. The van der Waals surface area contributed by atoms with E-state index in [-0.39, 0.29) is 18.2 Å². The molecule has 0 spiro atoms. The van der Waals surface area contributed by atoms with Crippen LogP contribution in [0.4, 0.5) is 0 Å². The monoisotopic (exact) mass is 389 g/mol. The van der Waals surface area contributed by atoms with Crippen molar-refractivity contribution in [1.82, 2.24) is 4.90 Å². The van der Waals surface area contributed by atoms with E-state index in [0.29, 0.717) is 12.1 Å². The molecule has 0 unspecified atom stereocenters. The first kappa shape index (κ1) is 16.8. The minimum Gasteiger partial charge on any atom is -0.454 e. The van der Waals surface area contributed by atoms with Gasteiger partial charge in [-0.05, 0) is 62.7 Å². The van der Waals surface area contributed by atoms with Gasteiger partial charge in [0.25, 0.3) is 5.91 Å². The maximum atomic E-state index is 13.0. The fourth-order valence-corrected chi connectivity index (χ4v) is 2.85. The summed E-state index contributed by atoms with van der Waals surface area (Å²) in [5.74, 6) is 1.49. The molecule has 24 heavy (non-hydrogen) atoms. The molecule has 0 saturated carbocycles. The van der Waals surface area contributed by atoms with Crippen molar-refractivity contribution in [3.8, 4) is 11.5 Å². The molecule has 0 fully saturated rings. The van der Waals surface area contributed by atoms with Crippen LogP contribution in [0.5, 0.6) is 11.5 Å². The predicted octanol–water partition coefficient (Wildman–Crippen LogP) is 4.62. The van der Waals surface area contributed by atoms with E-state index in [1.54, 1.807) is 0 Å².